The van der Waals surface area contributed by atoms with Crippen molar-refractivity contribution in [2.24, 2.45) is 5.92 Å². The molecule has 3 nitrogen and oxygen atoms in total. The molecule has 0 aromatic carbocycles. The third-order valence-corrected chi connectivity index (χ3v) is 10.7. The minimum atomic E-state index is -0.966. The fraction of sp³-hybridized carbons (Fsp3) is 0.826. The van der Waals surface area contributed by atoms with Crippen LogP contribution in [0.25, 0.3) is 0 Å². The molecule has 0 aliphatic heterocycles. The molecule has 3 atom stereocenters. The Morgan fingerprint density at radius 3 is 1.31 bits per heavy atom. The van der Waals surface area contributed by atoms with Gasteiger partial charge in [0.05, 0.1) is 6.10 Å². The smallest absolute Gasteiger partial charge is 0.165 e. The van der Waals surface area contributed by atoms with Gasteiger partial charge < -0.3 is 14.7 Å². The summed E-state index contributed by atoms with van der Waals surface area (Å²) in [5.74, 6) is -0.253. The highest BCUT2D eigenvalue weighted by molar-refractivity contribution is 4.94. The van der Waals surface area contributed by atoms with Crippen LogP contribution < -0.4 is 0 Å². The van der Waals surface area contributed by atoms with Crippen molar-refractivity contribution < 1.29 is 9.84 Å². The molecule has 2 unspecified atom stereocenters. The van der Waals surface area contributed by atoms with Crippen LogP contribution >= 0.6 is 0 Å². The minimum absolute atomic E-state index is 0.152. The van der Waals surface area contributed by atoms with Gasteiger partial charge in [0.2, 0.25) is 0 Å². The second kappa shape index (κ2) is 32.7. The lowest BCUT2D eigenvalue weighted by Crippen LogP contribution is -2.44. The Labute approximate surface area is 307 Å². The molecular weight excluding hydrogens is 599 g/mol. The number of allylic oxidation sites excluding steroid dienone is 8. The summed E-state index contributed by atoms with van der Waals surface area (Å²) in [5, 5.41) is 11.9. The lowest BCUT2D eigenvalue weighted by atomic mass is 9.98. The van der Waals surface area contributed by atoms with E-state index in [-0.39, 0.29) is 6.10 Å². The van der Waals surface area contributed by atoms with Crippen LogP contribution in [0, 0.1) is 5.92 Å². The van der Waals surface area contributed by atoms with E-state index in [0.717, 1.165) is 44.9 Å². The van der Waals surface area contributed by atoms with Gasteiger partial charge in [-0.25, -0.2) is 0 Å². The summed E-state index contributed by atoms with van der Waals surface area (Å²) < 4.78 is 6.74. The van der Waals surface area contributed by atoms with Gasteiger partial charge in [0.15, 0.2) is 5.79 Å². The Hall–Kier alpha value is -1.16. The first-order valence-corrected chi connectivity index (χ1v) is 21.6. The van der Waals surface area contributed by atoms with Gasteiger partial charge in [-0.3, -0.25) is 0 Å². The third kappa shape index (κ3) is 26.3. The monoisotopic (exact) mass is 684 g/mol. The van der Waals surface area contributed by atoms with E-state index in [1.54, 1.807) is 0 Å². The van der Waals surface area contributed by atoms with Crippen molar-refractivity contribution in [2.75, 3.05) is 14.1 Å². The van der Waals surface area contributed by atoms with Crippen LogP contribution in [0.4, 0.5) is 0 Å². The standard InChI is InChI=1S/C46H85NO2/c1-6-9-11-13-15-17-19-21-23-25-27-29-31-33-35-37-39-46(48,49-45-42-43(8-3)41-44(45)47(4)5)40-38-36-34-32-30-28-26-24-22-20-18-16-14-12-10-7-2/h15-18,21-24,43-45,48H,6-14,19-20,25-42H2,1-5H3/b17-15-,18-16-,23-21-,24-22-/t43?,44-,45?/m1/s1. The number of ether oxygens (including phenoxy) is 1. The van der Waals surface area contributed by atoms with Crippen LogP contribution in [0.3, 0.4) is 0 Å². The molecule has 0 amide bonds. The van der Waals surface area contributed by atoms with Gasteiger partial charge in [-0.15, -0.1) is 0 Å². The zero-order valence-corrected chi connectivity index (χ0v) is 33.7. The number of hydrogen-bond donors (Lipinski definition) is 1. The second-order valence-corrected chi connectivity index (χ2v) is 15.5. The van der Waals surface area contributed by atoms with Crippen LogP contribution in [0.2, 0.25) is 0 Å². The number of rotatable bonds is 34. The molecule has 0 radical (unpaired) electrons. The summed E-state index contributed by atoms with van der Waals surface area (Å²) in [7, 11) is 4.37. The van der Waals surface area contributed by atoms with Crippen molar-refractivity contribution in [3.63, 3.8) is 0 Å². The molecule has 286 valence electrons. The molecule has 1 N–H and O–H groups in total. The first kappa shape index (κ1) is 45.9. The third-order valence-electron chi connectivity index (χ3n) is 10.7. The van der Waals surface area contributed by atoms with E-state index < -0.39 is 5.79 Å². The molecule has 1 aliphatic carbocycles. The van der Waals surface area contributed by atoms with Gasteiger partial charge in [0.1, 0.15) is 0 Å². The number of hydrogen-bond acceptors (Lipinski definition) is 3. The Balaban J connectivity index is 2.32. The van der Waals surface area contributed by atoms with Crippen molar-refractivity contribution in [1.29, 1.82) is 0 Å². The van der Waals surface area contributed by atoms with E-state index in [4.69, 9.17) is 4.74 Å². The van der Waals surface area contributed by atoms with Crippen molar-refractivity contribution in [2.45, 2.75) is 225 Å². The molecule has 1 rings (SSSR count). The molecule has 49 heavy (non-hydrogen) atoms. The second-order valence-electron chi connectivity index (χ2n) is 15.5. The summed E-state index contributed by atoms with van der Waals surface area (Å²) >= 11 is 0. The van der Waals surface area contributed by atoms with Gasteiger partial charge in [-0.1, -0.05) is 153 Å². The predicted octanol–water partition coefficient (Wildman–Crippen LogP) is 14.2. The van der Waals surface area contributed by atoms with Gasteiger partial charge >= 0.3 is 0 Å². The zero-order valence-electron chi connectivity index (χ0n) is 33.7. The Morgan fingerprint density at radius 1 is 0.531 bits per heavy atom. The molecule has 1 fully saturated rings. The highest BCUT2D eigenvalue weighted by atomic mass is 16.6. The first-order valence-electron chi connectivity index (χ1n) is 21.6. The maximum absolute atomic E-state index is 11.9. The molecule has 1 aliphatic rings. The molecule has 0 spiro atoms. The van der Waals surface area contributed by atoms with E-state index >= 15 is 0 Å². The van der Waals surface area contributed by atoms with E-state index in [1.165, 1.54) is 141 Å². The summed E-state index contributed by atoms with van der Waals surface area (Å²) in [6, 6.07) is 0.420. The number of nitrogens with zero attached hydrogens (tertiary/aromatic N) is 1. The largest absolute Gasteiger partial charge is 0.365 e. The molecule has 3 heteroatoms. The van der Waals surface area contributed by atoms with E-state index in [2.05, 4.69) is 88.4 Å². The first-order chi connectivity index (χ1) is 24.0. The Morgan fingerprint density at radius 2 is 0.918 bits per heavy atom. The van der Waals surface area contributed by atoms with Crippen LogP contribution in [0.1, 0.15) is 207 Å². The summed E-state index contributed by atoms with van der Waals surface area (Å²) in [6.07, 6.45) is 53.9. The van der Waals surface area contributed by atoms with Crippen LogP contribution in [0.15, 0.2) is 48.6 Å². The highest BCUT2D eigenvalue weighted by Crippen LogP contribution is 2.37. The van der Waals surface area contributed by atoms with Gasteiger partial charge in [0.25, 0.3) is 0 Å². The summed E-state index contributed by atoms with van der Waals surface area (Å²) in [6.45, 7) is 6.84. The topological polar surface area (TPSA) is 32.7 Å². The fourth-order valence-corrected chi connectivity index (χ4v) is 7.38. The maximum atomic E-state index is 11.9. The van der Waals surface area contributed by atoms with Crippen LogP contribution in [-0.4, -0.2) is 42.0 Å². The zero-order chi connectivity index (χ0) is 35.7. The predicted molar refractivity (Wildman–Crippen MR) is 218 cm³/mol. The number of unbranched alkanes of at least 4 members (excludes halogenated alkanes) is 18. The van der Waals surface area contributed by atoms with Crippen LogP contribution in [-0.2, 0) is 4.74 Å². The average molecular weight is 684 g/mol. The Kier molecular flexibility index (Phi) is 30.6. The molecule has 0 bridgehead atoms. The van der Waals surface area contributed by atoms with Crippen LogP contribution in [0.5, 0.6) is 0 Å². The van der Waals surface area contributed by atoms with E-state index in [1.807, 2.05) is 0 Å². The minimum Gasteiger partial charge on any atom is -0.365 e. The lowest BCUT2D eigenvalue weighted by molar-refractivity contribution is -0.245. The maximum Gasteiger partial charge on any atom is 0.165 e. The lowest BCUT2D eigenvalue weighted by Gasteiger charge is -2.36. The molecule has 0 aromatic rings. The van der Waals surface area contributed by atoms with Crippen molar-refractivity contribution in [3.8, 4) is 0 Å². The quantitative estimate of drug-likeness (QED) is 0.0416. The van der Waals surface area contributed by atoms with Crippen molar-refractivity contribution >= 4 is 0 Å². The van der Waals surface area contributed by atoms with E-state index in [0.29, 0.717) is 12.0 Å². The van der Waals surface area contributed by atoms with Gasteiger partial charge in [-0.2, -0.15) is 0 Å². The van der Waals surface area contributed by atoms with E-state index in [9.17, 15) is 5.11 Å². The van der Waals surface area contributed by atoms with Gasteiger partial charge in [0, 0.05) is 18.9 Å². The van der Waals surface area contributed by atoms with Crippen molar-refractivity contribution in [3.05, 3.63) is 48.6 Å². The summed E-state index contributed by atoms with van der Waals surface area (Å²) in [5.41, 5.74) is 0. The SMILES string of the molecule is CCCCC/C=C\C/C=C\CCCCCCCCC(O)(CCCCCCCC/C=C\C/C=C\CCCCC)OC1CC(CC)C[C@H]1N(C)C. The highest BCUT2D eigenvalue weighted by Gasteiger charge is 2.40. The fourth-order valence-electron chi connectivity index (χ4n) is 7.38. The molecule has 1 saturated carbocycles. The Bertz CT molecular complexity index is 779. The normalized spacial score (nSPS) is 19.0. The van der Waals surface area contributed by atoms with Gasteiger partial charge in [-0.05, 0) is 110 Å². The number of likely N-dealkylation sites (N-methyl/N-ethyl adjacent to an activating group) is 1. The average Bonchev–Trinajstić information content (AvgIpc) is 3.50. The summed E-state index contributed by atoms with van der Waals surface area (Å²) in [4.78, 5) is 2.34. The van der Waals surface area contributed by atoms with Crippen molar-refractivity contribution in [1.82, 2.24) is 4.90 Å². The molecule has 0 heterocycles. The molecular formula is C46H85NO2. The number of aliphatic hydroxyl groups is 1. The molecule has 0 saturated heterocycles. The molecule has 0 aromatic heterocycles.